The van der Waals surface area contributed by atoms with Gasteiger partial charge in [0.2, 0.25) is 0 Å². The number of nitrogens with zero attached hydrogens (tertiary/aromatic N) is 3. The van der Waals surface area contributed by atoms with E-state index in [0.29, 0.717) is 18.1 Å². The van der Waals surface area contributed by atoms with Crippen molar-refractivity contribution >= 4 is 28.7 Å². The molecule has 0 unspecified atom stereocenters. The zero-order valence-corrected chi connectivity index (χ0v) is 19.0. The third-order valence-corrected chi connectivity index (χ3v) is 4.58. The maximum atomic E-state index is 12.1. The number of urea groups is 1. The number of nitriles is 1. The number of aromatic nitrogens is 2. The minimum Gasteiger partial charge on any atom is -0.444 e. The molecule has 1 aromatic carbocycles. The van der Waals surface area contributed by atoms with Gasteiger partial charge in [0, 0.05) is 30.9 Å². The molecule has 3 amide bonds. The summed E-state index contributed by atoms with van der Waals surface area (Å²) in [6, 6.07) is 10.8. The Morgan fingerprint density at radius 2 is 1.88 bits per heavy atom. The molecule has 2 heterocycles. The molecule has 2 aromatic heterocycles. The van der Waals surface area contributed by atoms with Gasteiger partial charge < -0.3 is 15.4 Å². The van der Waals surface area contributed by atoms with Gasteiger partial charge in [-0.15, -0.1) is 0 Å². The molecule has 33 heavy (non-hydrogen) atoms. The quantitative estimate of drug-likeness (QED) is 0.535. The lowest BCUT2D eigenvalue weighted by molar-refractivity contribution is 0.0523. The van der Waals surface area contributed by atoms with E-state index in [1.807, 2.05) is 31.2 Å². The molecule has 0 saturated carbocycles. The van der Waals surface area contributed by atoms with Crippen molar-refractivity contribution in [2.45, 2.75) is 39.8 Å². The fraction of sp³-hybridized carbons (Fsp3) is 0.292. The van der Waals surface area contributed by atoms with Crippen LogP contribution in [0.5, 0.6) is 0 Å². The van der Waals surface area contributed by atoms with Crippen LogP contribution >= 0.6 is 0 Å². The van der Waals surface area contributed by atoms with Crippen molar-refractivity contribution in [1.29, 1.82) is 5.26 Å². The van der Waals surface area contributed by atoms with E-state index in [4.69, 9.17) is 4.74 Å². The summed E-state index contributed by atoms with van der Waals surface area (Å²) in [4.78, 5) is 32.5. The van der Waals surface area contributed by atoms with Crippen molar-refractivity contribution in [1.82, 2.24) is 20.6 Å². The first-order valence-corrected chi connectivity index (χ1v) is 10.5. The van der Waals surface area contributed by atoms with Crippen LogP contribution in [0.1, 0.15) is 39.0 Å². The number of hydrogen-bond donors (Lipinski definition) is 3. The summed E-state index contributed by atoms with van der Waals surface area (Å²) >= 11 is 0. The summed E-state index contributed by atoms with van der Waals surface area (Å²) in [6.07, 6.45) is 2.71. The Morgan fingerprint density at radius 3 is 2.58 bits per heavy atom. The number of carbonyl (C=O) groups excluding carboxylic acids is 2. The van der Waals surface area contributed by atoms with E-state index in [1.54, 1.807) is 45.3 Å². The number of pyridine rings is 2. The molecule has 0 spiro atoms. The van der Waals surface area contributed by atoms with Crippen LogP contribution in [0.4, 0.5) is 15.4 Å². The summed E-state index contributed by atoms with van der Waals surface area (Å²) in [5.41, 5.74) is 2.16. The molecule has 0 aliphatic heterocycles. The molecule has 3 rings (SSSR count). The van der Waals surface area contributed by atoms with E-state index in [2.05, 4.69) is 25.9 Å². The van der Waals surface area contributed by atoms with Crippen LogP contribution in [0.3, 0.4) is 0 Å². The Labute approximate surface area is 192 Å². The lowest BCUT2D eigenvalue weighted by Crippen LogP contribution is -2.32. The maximum absolute atomic E-state index is 12.1. The molecular weight excluding hydrogens is 420 g/mol. The number of nitrogens with one attached hydrogen (secondary N) is 3. The summed E-state index contributed by atoms with van der Waals surface area (Å²) in [5, 5.41) is 19.0. The molecule has 3 aromatic rings. The number of ether oxygens (including phenoxy) is 1. The van der Waals surface area contributed by atoms with Crippen molar-refractivity contribution in [3.8, 4) is 17.2 Å². The molecule has 170 valence electrons. The maximum Gasteiger partial charge on any atom is 0.407 e. The summed E-state index contributed by atoms with van der Waals surface area (Å²) in [5.74, 6) is 0.376. The van der Waals surface area contributed by atoms with Gasteiger partial charge in [-0.1, -0.05) is 12.1 Å². The molecule has 0 atom stereocenters. The first-order valence-electron chi connectivity index (χ1n) is 10.5. The van der Waals surface area contributed by atoms with E-state index < -0.39 is 11.7 Å². The molecule has 0 bridgehead atoms. The van der Waals surface area contributed by atoms with Gasteiger partial charge in [0.25, 0.3) is 0 Å². The van der Waals surface area contributed by atoms with Gasteiger partial charge in [0.1, 0.15) is 23.2 Å². The first-order chi connectivity index (χ1) is 15.7. The minimum absolute atomic E-state index is 0.232. The molecule has 0 saturated heterocycles. The van der Waals surface area contributed by atoms with Crippen LogP contribution in [0, 0.1) is 11.3 Å². The van der Waals surface area contributed by atoms with Crippen molar-refractivity contribution in [3.05, 3.63) is 54.0 Å². The number of fused-ring (bicyclic) bond motifs is 1. The lowest BCUT2D eigenvalue weighted by Gasteiger charge is -2.20. The second-order valence-corrected chi connectivity index (χ2v) is 8.27. The van der Waals surface area contributed by atoms with Crippen LogP contribution in [0.2, 0.25) is 0 Å². The third-order valence-electron chi connectivity index (χ3n) is 4.58. The predicted octanol–water partition coefficient (Wildman–Crippen LogP) is 4.33. The van der Waals surface area contributed by atoms with Gasteiger partial charge in [0.05, 0.1) is 0 Å². The molecule has 3 N–H and O–H groups in total. The van der Waals surface area contributed by atoms with Gasteiger partial charge >= 0.3 is 12.1 Å². The van der Waals surface area contributed by atoms with Crippen molar-refractivity contribution < 1.29 is 14.3 Å². The Hall–Kier alpha value is -4.19. The second kappa shape index (κ2) is 9.96. The van der Waals surface area contributed by atoms with Crippen molar-refractivity contribution in [2.24, 2.45) is 0 Å². The normalized spacial score (nSPS) is 10.9. The van der Waals surface area contributed by atoms with Crippen LogP contribution < -0.4 is 16.0 Å². The largest absolute Gasteiger partial charge is 0.444 e. The van der Waals surface area contributed by atoms with E-state index in [-0.39, 0.29) is 12.6 Å². The van der Waals surface area contributed by atoms with Crippen molar-refractivity contribution in [3.63, 3.8) is 0 Å². The first kappa shape index (κ1) is 23.5. The fourth-order valence-electron chi connectivity index (χ4n) is 3.23. The standard InChI is InChI=1S/C24H26N6O3/c1-5-26-22(31)30-21-11-19-18(15-8-9-27-17(10-15)12-25)7-6-16(20(19)14-28-21)13-29-23(32)33-24(2,3)4/h6-11,14H,5,13H2,1-4H3,(H,29,32)(H2,26,28,30,31). The number of benzene rings is 1. The second-order valence-electron chi connectivity index (χ2n) is 8.27. The monoisotopic (exact) mass is 446 g/mol. The summed E-state index contributed by atoms with van der Waals surface area (Å²) in [7, 11) is 0. The highest BCUT2D eigenvalue weighted by Gasteiger charge is 2.17. The van der Waals surface area contributed by atoms with E-state index in [1.165, 1.54) is 0 Å². The van der Waals surface area contributed by atoms with Crippen LogP contribution in [-0.4, -0.2) is 34.2 Å². The zero-order valence-electron chi connectivity index (χ0n) is 19.0. The van der Waals surface area contributed by atoms with Gasteiger partial charge in [0.15, 0.2) is 0 Å². The topological polar surface area (TPSA) is 129 Å². The van der Waals surface area contributed by atoms with Crippen molar-refractivity contribution in [2.75, 3.05) is 11.9 Å². The van der Waals surface area contributed by atoms with E-state index in [9.17, 15) is 14.9 Å². The zero-order chi connectivity index (χ0) is 24.0. The van der Waals surface area contributed by atoms with E-state index >= 15 is 0 Å². The SMILES string of the molecule is CCNC(=O)Nc1cc2c(-c3ccnc(C#N)c3)ccc(CNC(=O)OC(C)(C)C)c2cn1. The average Bonchev–Trinajstić information content (AvgIpc) is 2.76. The highest BCUT2D eigenvalue weighted by atomic mass is 16.6. The van der Waals surface area contributed by atoms with E-state index in [0.717, 1.165) is 27.5 Å². The Bertz CT molecular complexity index is 1230. The molecule has 0 radical (unpaired) electrons. The molecule has 9 nitrogen and oxygen atoms in total. The summed E-state index contributed by atoms with van der Waals surface area (Å²) in [6.45, 7) is 7.94. The Morgan fingerprint density at radius 1 is 1.09 bits per heavy atom. The number of carbonyl (C=O) groups is 2. The van der Waals surface area contributed by atoms with Crippen LogP contribution in [-0.2, 0) is 11.3 Å². The molecule has 0 aliphatic rings. The Balaban J connectivity index is 2.03. The number of amides is 3. The molecule has 0 fully saturated rings. The number of alkyl carbamates (subject to hydrolysis) is 1. The smallest absolute Gasteiger partial charge is 0.407 e. The fourth-order valence-corrected chi connectivity index (χ4v) is 3.23. The van der Waals surface area contributed by atoms with Gasteiger partial charge in [-0.3, -0.25) is 5.32 Å². The highest BCUT2D eigenvalue weighted by molar-refractivity contribution is 6.01. The Kier molecular flexibility index (Phi) is 7.08. The minimum atomic E-state index is -0.600. The van der Waals surface area contributed by atoms with Crippen LogP contribution in [0.15, 0.2) is 42.7 Å². The molecule has 9 heteroatoms. The molecular formula is C24H26N6O3. The summed E-state index contributed by atoms with van der Waals surface area (Å²) < 4.78 is 5.32. The predicted molar refractivity (Wildman–Crippen MR) is 125 cm³/mol. The van der Waals surface area contributed by atoms with Gasteiger partial charge in [-0.25, -0.2) is 19.6 Å². The van der Waals surface area contributed by atoms with Gasteiger partial charge in [-0.2, -0.15) is 5.26 Å². The lowest BCUT2D eigenvalue weighted by atomic mass is 9.96. The third kappa shape index (κ3) is 6.17. The van der Waals surface area contributed by atoms with Crippen LogP contribution in [0.25, 0.3) is 21.9 Å². The number of anilines is 1. The van der Waals surface area contributed by atoms with Gasteiger partial charge in [-0.05, 0) is 68.0 Å². The average molecular weight is 447 g/mol. The highest BCUT2D eigenvalue weighted by Crippen LogP contribution is 2.32. The number of hydrogen-bond acceptors (Lipinski definition) is 6. The molecule has 0 aliphatic carbocycles. The number of rotatable bonds is 5.